The van der Waals surface area contributed by atoms with E-state index in [2.05, 4.69) is 0 Å². The van der Waals surface area contributed by atoms with Crippen molar-refractivity contribution in [3.8, 4) is 0 Å². The van der Waals surface area contributed by atoms with Gasteiger partial charge in [0.25, 0.3) is 34.0 Å². The number of halogens is 36. The molecule has 348 valence electrons. The summed E-state index contributed by atoms with van der Waals surface area (Å²) in [5.41, 5.74) is -132. The molecule has 7 aliphatic rings. The minimum Gasteiger partial charge on any atom is -0.232 e. The smallest absolute Gasteiger partial charge is 0.232 e. The van der Waals surface area contributed by atoms with Crippen LogP contribution in [0.1, 0.15) is 0 Å². The lowest BCUT2D eigenvalue weighted by molar-refractivity contribution is -0.653. The van der Waals surface area contributed by atoms with Gasteiger partial charge in [-0.1, -0.05) is 0 Å². The molecule has 0 spiro atoms. The Morgan fingerprint density at radius 3 is 0.183 bits per heavy atom. The van der Waals surface area contributed by atoms with Crippen LogP contribution in [-0.4, -0.2) is 139 Å². The molecule has 36 heteroatoms. The van der Waals surface area contributed by atoms with E-state index in [1.165, 1.54) is 0 Å². The number of hydrogen-bond acceptors (Lipinski definition) is 0. The molecule has 0 aromatic rings. The number of hydrogen-bond donors (Lipinski definition) is 0. The van der Waals surface area contributed by atoms with Crippen molar-refractivity contribution >= 4 is 0 Å². The fourth-order valence-corrected chi connectivity index (χ4v) is 10.6. The molecule has 0 heterocycles. The summed E-state index contributed by atoms with van der Waals surface area (Å²) in [6.45, 7) is 0. The van der Waals surface area contributed by atoms with Crippen LogP contribution in [0, 0.1) is 0 Å². The van der Waals surface area contributed by atoms with Crippen LogP contribution in [0.5, 0.6) is 0 Å². The molecule has 0 amide bonds. The molecule has 7 aliphatic carbocycles. The summed E-state index contributed by atoms with van der Waals surface area (Å²) in [6, 6.07) is 0. The highest BCUT2D eigenvalue weighted by Gasteiger charge is 3.34. The third-order valence-electron chi connectivity index (χ3n) is 13.3. The van der Waals surface area contributed by atoms with Gasteiger partial charge in [0.1, 0.15) is 0 Å². The van der Waals surface area contributed by atoms with Gasteiger partial charge in [-0.05, 0) is 0 Å². The van der Waals surface area contributed by atoms with E-state index in [1.54, 1.807) is 0 Å². The first-order valence-corrected chi connectivity index (χ1v) is 14.3. The Balaban J connectivity index is 2.07. The van der Waals surface area contributed by atoms with Crippen molar-refractivity contribution in [3.05, 3.63) is 0 Å². The number of alkyl halides is 36. The van der Waals surface area contributed by atoms with E-state index < -0.39 is 139 Å². The van der Waals surface area contributed by atoms with Crippen LogP contribution in [-0.2, 0) is 0 Å². The summed E-state index contributed by atoms with van der Waals surface area (Å²) in [6.07, 6.45) is 0. The fraction of sp³-hybridized carbons (Fsp3) is 1.00. The van der Waals surface area contributed by atoms with E-state index in [4.69, 9.17) is 0 Å². The lowest BCUT2D eigenvalue weighted by Gasteiger charge is -2.86. The largest absolute Gasteiger partial charge is 0.356 e. The van der Waals surface area contributed by atoms with Crippen LogP contribution in [0.25, 0.3) is 0 Å². The zero-order chi connectivity index (χ0) is 48.0. The maximum atomic E-state index is 17.6. The molecule has 7 saturated carbocycles. The SMILES string of the molecule is FC1(F)C(F)(F)C2(F)C(F)(F)C(F)(F)C3(F)C(F)(F)C(F)(F)C4(F)C(F)(F)C(F)(F)C5(F)C(F)(F)C(F)(F)C6(F)C(F)(F)C(F)(F)C1(F)C1(F)C2(F)C3(F)C4(F)C5(F)C61F. The van der Waals surface area contributed by atoms with Gasteiger partial charge in [0.15, 0.2) is 0 Å². The maximum Gasteiger partial charge on any atom is 0.356 e. The molecule has 0 unspecified atom stereocenters. The standard InChI is InChI=1S/C24F36/c25-1-2(26)4(28)6(30)5(29)3(1,27)9(33)16(43,44)14(39,40)7(1,31)13(37,38)15(41,42)8(2,32)17(45,46)19(49,50)10(4,34)21(53,54)23(57,58)12(6,36)24(59,60)22(55,56)11(5,35)20(51,52)18(9,47)48. The molecule has 0 nitrogen and oxygen atoms in total. The molecule has 0 aliphatic heterocycles. The van der Waals surface area contributed by atoms with Crippen molar-refractivity contribution in [2.45, 2.75) is 139 Å². The minimum absolute atomic E-state index is 10.4. The van der Waals surface area contributed by atoms with Crippen molar-refractivity contribution in [3.63, 3.8) is 0 Å². The van der Waals surface area contributed by atoms with Gasteiger partial charge in [0, 0.05) is 0 Å². The molecular weight excluding hydrogens is 972 g/mol. The molecular formula is C24F36. The Morgan fingerprint density at radius 2 is 0.133 bits per heavy atom. The van der Waals surface area contributed by atoms with Gasteiger partial charge in [-0.2, -0.15) is 105 Å². The van der Waals surface area contributed by atoms with Crippen LogP contribution in [0.4, 0.5) is 158 Å². The zero-order valence-corrected chi connectivity index (χ0v) is 25.6. The summed E-state index contributed by atoms with van der Waals surface area (Å²) in [4.78, 5) is 0. The molecule has 7 rings (SSSR count). The first kappa shape index (κ1) is 45.5. The van der Waals surface area contributed by atoms with E-state index in [0.717, 1.165) is 0 Å². The second-order valence-electron chi connectivity index (χ2n) is 14.8. The van der Waals surface area contributed by atoms with Crippen molar-refractivity contribution in [2.75, 3.05) is 0 Å². The molecule has 0 aromatic heterocycles. The minimum atomic E-state index is -11.3. The Labute approximate surface area is 298 Å². The molecule has 0 aromatic carbocycles. The van der Waals surface area contributed by atoms with Crippen molar-refractivity contribution in [2.24, 2.45) is 0 Å². The van der Waals surface area contributed by atoms with Crippen LogP contribution in [0.15, 0.2) is 0 Å². The average molecular weight is 972 g/mol. The topological polar surface area (TPSA) is 0 Å². The maximum absolute atomic E-state index is 17.6. The Bertz CT molecular complexity index is 1580. The second-order valence-corrected chi connectivity index (χ2v) is 14.8. The zero-order valence-electron chi connectivity index (χ0n) is 25.6. The fourth-order valence-electron chi connectivity index (χ4n) is 10.6. The van der Waals surface area contributed by atoms with Gasteiger partial charge in [-0.3, -0.25) is 0 Å². The Kier molecular flexibility index (Phi) is 6.59. The summed E-state index contributed by atoms with van der Waals surface area (Å²) in [5, 5.41) is 0. The van der Waals surface area contributed by atoms with Crippen molar-refractivity contribution in [1.82, 2.24) is 0 Å². The molecule has 0 N–H and O–H groups in total. The van der Waals surface area contributed by atoms with Crippen LogP contribution in [0.2, 0.25) is 0 Å². The second kappa shape index (κ2) is 8.69. The van der Waals surface area contributed by atoms with E-state index >= 15 is 158 Å². The van der Waals surface area contributed by atoms with Crippen LogP contribution < -0.4 is 0 Å². The van der Waals surface area contributed by atoms with E-state index in [-0.39, 0.29) is 0 Å². The molecule has 7 fully saturated rings. The Morgan fingerprint density at radius 1 is 0.0833 bits per heavy atom. The summed E-state index contributed by atoms with van der Waals surface area (Å²) < 4.78 is 575. The van der Waals surface area contributed by atoms with Gasteiger partial charge in [-0.15, -0.1) is 0 Å². The third-order valence-corrected chi connectivity index (χ3v) is 13.3. The average Bonchev–Trinajstić information content (AvgIpc) is 3.08. The normalized spacial score (nSPS) is 59.4. The Hall–Kier alpha value is -2.52. The van der Waals surface area contributed by atoms with Crippen LogP contribution >= 0.6 is 0 Å². The van der Waals surface area contributed by atoms with Gasteiger partial charge >= 0.3 is 71.1 Å². The quantitative estimate of drug-likeness (QED) is 0.212. The summed E-state index contributed by atoms with van der Waals surface area (Å²) in [5.74, 6) is -125. The van der Waals surface area contributed by atoms with Crippen molar-refractivity contribution in [1.29, 1.82) is 0 Å². The van der Waals surface area contributed by atoms with Gasteiger partial charge < -0.3 is 0 Å². The number of rotatable bonds is 0. The third kappa shape index (κ3) is 2.30. The van der Waals surface area contributed by atoms with Crippen molar-refractivity contribution < 1.29 is 158 Å². The molecule has 60 heavy (non-hydrogen) atoms. The highest BCUT2D eigenvalue weighted by molar-refractivity contribution is 5.70. The molecule has 0 bridgehead atoms. The summed E-state index contributed by atoms with van der Waals surface area (Å²) in [7, 11) is 0. The van der Waals surface area contributed by atoms with E-state index in [1.807, 2.05) is 0 Å². The molecule has 0 radical (unpaired) electrons. The lowest BCUT2D eigenvalue weighted by Crippen LogP contribution is -3.21. The van der Waals surface area contributed by atoms with E-state index in [0.29, 0.717) is 0 Å². The van der Waals surface area contributed by atoms with Gasteiger partial charge in [0.2, 0.25) is 34.0 Å². The van der Waals surface area contributed by atoms with Gasteiger partial charge in [0.05, 0.1) is 0 Å². The highest BCUT2D eigenvalue weighted by Crippen LogP contribution is 3.00. The predicted molar refractivity (Wildman–Crippen MR) is 105 cm³/mol. The summed E-state index contributed by atoms with van der Waals surface area (Å²) >= 11 is 0. The lowest BCUT2D eigenvalue weighted by atomic mass is 9.22. The monoisotopic (exact) mass is 972 g/mol. The predicted octanol–water partition coefficient (Wildman–Crippen LogP) is 10.2. The molecule has 0 saturated heterocycles. The first-order valence-electron chi connectivity index (χ1n) is 14.3. The van der Waals surface area contributed by atoms with E-state index in [9.17, 15) is 0 Å². The molecule has 0 atom stereocenters. The van der Waals surface area contributed by atoms with Crippen LogP contribution in [0.3, 0.4) is 0 Å². The first-order chi connectivity index (χ1) is 25.5. The van der Waals surface area contributed by atoms with Gasteiger partial charge in [-0.25, -0.2) is 52.7 Å². The highest BCUT2D eigenvalue weighted by atomic mass is 19.4.